The van der Waals surface area contributed by atoms with Crippen molar-refractivity contribution in [1.82, 2.24) is 4.81 Å². The van der Waals surface area contributed by atoms with Gasteiger partial charge < -0.3 is 9.83 Å². The van der Waals surface area contributed by atoms with E-state index in [1.54, 1.807) is 11.1 Å². The van der Waals surface area contributed by atoms with Gasteiger partial charge in [0.2, 0.25) is 0 Å². The van der Waals surface area contributed by atoms with Gasteiger partial charge in [-0.25, -0.2) is 0 Å². The van der Waals surface area contributed by atoms with Crippen LogP contribution in [0.1, 0.15) is 43.2 Å². The molecule has 1 aliphatic heterocycles. The molecule has 0 unspecified atom stereocenters. The van der Waals surface area contributed by atoms with Crippen LogP contribution in [-0.2, 0) is 5.41 Å². The zero-order valence-corrected chi connectivity index (χ0v) is 11.4. The van der Waals surface area contributed by atoms with E-state index < -0.39 is 0 Å². The van der Waals surface area contributed by atoms with Gasteiger partial charge in [-0.15, -0.1) is 0 Å². The van der Waals surface area contributed by atoms with Crippen LogP contribution in [0.4, 0.5) is 0 Å². The summed E-state index contributed by atoms with van der Waals surface area (Å²) in [6, 6.07) is 8.98. The Balaban J connectivity index is 1.87. The van der Waals surface area contributed by atoms with E-state index in [0.29, 0.717) is 11.3 Å². The van der Waals surface area contributed by atoms with Crippen molar-refractivity contribution in [1.29, 1.82) is 0 Å². The average molecular weight is 243 g/mol. The molecule has 3 heteroatoms. The first-order valence-corrected chi connectivity index (χ1v) is 7.14. The second kappa shape index (κ2) is 4.39. The SMILES string of the molecule is CB(O)N1CCC2(CC1)C[C@@H](C)c1ccccc12. The lowest BCUT2D eigenvalue weighted by atomic mass is 9.70. The van der Waals surface area contributed by atoms with Crippen LogP contribution in [0, 0.1) is 0 Å². The van der Waals surface area contributed by atoms with Gasteiger partial charge in [0.1, 0.15) is 0 Å². The standard InChI is InChI=1S/C15H22BNO/c1-12-11-15(14-6-4-3-5-13(12)14)7-9-17(10-8-15)16(2)18/h3-6,12,18H,7-11H2,1-2H3/t12-/m1/s1. The lowest BCUT2D eigenvalue weighted by molar-refractivity contribution is 0.210. The van der Waals surface area contributed by atoms with Crippen LogP contribution in [0.15, 0.2) is 24.3 Å². The summed E-state index contributed by atoms with van der Waals surface area (Å²) in [6.07, 6.45) is 3.68. The van der Waals surface area contributed by atoms with E-state index in [9.17, 15) is 5.02 Å². The molecule has 0 radical (unpaired) electrons. The maximum absolute atomic E-state index is 9.68. The molecule has 1 saturated heterocycles. The van der Waals surface area contributed by atoms with E-state index in [1.807, 2.05) is 6.82 Å². The van der Waals surface area contributed by atoms with Gasteiger partial charge in [0.25, 0.3) is 0 Å². The van der Waals surface area contributed by atoms with Crippen LogP contribution in [0.25, 0.3) is 0 Å². The summed E-state index contributed by atoms with van der Waals surface area (Å²) < 4.78 is 0. The molecule has 1 fully saturated rings. The van der Waals surface area contributed by atoms with Crippen molar-refractivity contribution in [3.05, 3.63) is 35.4 Å². The molecule has 2 aliphatic rings. The largest absolute Gasteiger partial charge is 0.437 e. The zero-order chi connectivity index (χ0) is 12.8. The zero-order valence-electron chi connectivity index (χ0n) is 11.4. The molecular weight excluding hydrogens is 221 g/mol. The van der Waals surface area contributed by atoms with Gasteiger partial charge in [-0.2, -0.15) is 0 Å². The highest BCUT2D eigenvalue weighted by molar-refractivity contribution is 6.45. The molecule has 1 heterocycles. The molecule has 2 nitrogen and oxygen atoms in total. The topological polar surface area (TPSA) is 23.5 Å². The highest BCUT2D eigenvalue weighted by atomic mass is 16.2. The van der Waals surface area contributed by atoms with E-state index in [1.165, 1.54) is 19.3 Å². The number of nitrogens with zero attached hydrogens (tertiary/aromatic N) is 1. The maximum Gasteiger partial charge on any atom is 0.376 e. The Hall–Kier alpha value is -0.795. The number of rotatable bonds is 1. The first-order chi connectivity index (χ1) is 8.62. The minimum atomic E-state index is -0.295. The van der Waals surface area contributed by atoms with E-state index >= 15 is 0 Å². The Kier molecular flexibility index (Phi) is 2.99. The summed E-state index contributed by atoms with van der Waals surface area (Å²) in [7, 11) is -0.295. The first kappa shape index (κ1) is 12.2. The number of hydrogen-bond donors (Lipinski definition) is 1. The van der Waals surface area contributed by atoms with Gasteiger partial charge in [0, 0.05) is 0 Å². The predicted molar refractivity (Wildman–Crippen MR) is 75.8 cm³/mol. The second-order valence-corrected chi connectivity index (χ2v) is 6.14. The highest BCUT2D eigenvalue weighted by Crippen LogP contribution is 2.51. The van der Waals surface area contributed by atoms with Gasteiger partial charge in [-0.05, 0) is 61.6 Å². The van der Waals surface area contributed by atoms with Gasteiger partial charge in [0.05, 0.1) is 0 Å². The number of piperidine rings is 1. The molecule has 0 saturated carbocycles. The summed E-state index contributed by atoms with van der Waals surface area (Å²) in [5, 5.41) is 9.68. The molecule has 1 N–H and O–H groups in total. The van der Waals surface area contributed by atoms with Crippen molar-refractivity contribution in [3.63, 3.8) is 0 Å². The average Bonchev–Trinajstić information content (AvgIpc) is 2.64. The van der Waals surface area contributed by atoms with Crippen molar-refractivity contribution in [2.75, 3.05) is 13.1 Å². The highest BCUT2D eigenvalue weighted by Gasteiger charge is 2.44. The van der Waals surface area contributed by atoms with Crippen LogP contribution < -0.4 is 0 Å². The molecule has 96 valence electrons. The second-order valence-electron chi connectivity index (χ2n) is 6.14. The fraction of sp³-hybridized carbons (Fsp3) is 0.600. The Labute approximate surface area is 110 Å². The molecule has 0 aromatic heterocycles. The summed E-state index contributed by atoms with van der Waals surface area (Å²) in [5.41, 5.74) is 3.53. The lowest BCUT2D eigenvalue weighted by Gasteiger charge is -2.41. The first-order valence-electron chi connectivity index (χ1n) is 7.14. The van der Waals surface area contributed by atoms with Gasteiger partial charge >= 0.3 is 7.05 Å². The molecule has 18 heavy (non-hydrogen) atoms. The Morgan fingerprint density at radius 1 is 1.28 bits per heavy atom. The molecule has 1 atom stereocenters. The van der Waals surface area contributed by atoms with Gasteiger partial charge in [-0.1, -0.05) is 31.2 Å². The third kappa shape index (κ3) is 1.81. The molecule has 1 spiro atoms. The number of hydrogen-bond acceptors (Lipinski definition) is 2. The molecule has 3 rings (SSSR count). The molecule has 1 aromatic rings. The fourth-order valence-electron chi connectivity index (χ4n) is 4.01. The normalized spacial score (nSPS) is 26.3. The van der Waals surface area contributed by atoms with E-state index in [4.69, 9.17) is 0 Å². The summed E-state index contributed by atoms with van der Waals surface area (Å²) in [6.45, 7) is 6.29. The molecular formula is C15H22BNO. The van der Waals surface area contributed by atoms with Crippen molar-refractivity contribution in [2.45, 2.75) is 44.3 Å². The van der Waals surface area contributed by atoms with E-state index in [0.717, 1.165) is 13.1 Å². The van der Waals surface area contributed by atoms with E-state index in [-0.39, 0.29) is 7.05 Å². The molecule has 0 amide bonds. The summed E-state index contributed by atoms with van der Waals surface area (Å²) >= 11 is 0. The predicted octanol–water partition coefficient (Wildman–Crippen LogP) is 2.64. The van der Waals surface area contributed by atoms with Gasteiger partial charge in [0.15, 0.2) is 0 Å². The van der Waals surface area contributed by atoms with Crippen LogP contribution in [0.5, 0.6) is 0 Å². The third-order valence-electron chi connectivity index (χ3n) is 5.04. The Bertz CT molecular complexity index is 438. The molecule has 0 bridgehead atoms. The van der Waals surface area contributed by atoms with Crippen LogP contribution in [0.3, 0.4) is 0 Å². The monoisotopic (exact) mass is 243 g/mol. The molecule has 1 aromatic carbocycles. The quantitative estimate of drug-likeness (QED) is 0.766. The molecule has 1 aliphatic carbocycles. The van der Waals surface area contributed by atoms with Crippen molar-refractivity contribution in [2.24, 2.45) is 0 Å². The lowest BCUT2D eigenvalue weighted by Crippen LogP contribution is -2.47. The van der Waals surface area contributed by atoms with Crippen molar-refractivity contribution >= 4 is 7.05 Å². The Morgan fingerprint density at radius 3 is 2.61 bits per heavy atom. The van der Waals surface area contributed by atoms with Crippen LogP contribution in [-0.4, -0.2) is 30.0 Å². The summed E-state index contributed by atoms with van der Waals surface area (Å²) in [5.74, 6) is 0.694. The number of benzene rings is 1. The number of fused-ring (bicyclic) bond motifs is 2. The Morgan fingerprint density at radius 2 is 1.94 bits per heavy atom. The van der Waals surface area contributed by atoms with Crippen molar-refractivity contribution in [3.8, 4) is 0 Å². The third-order valence-corrected chi connectivity index (χ3v) is 5.04. The van der Waals surface area contributed by atoms with Crippen LogP contribution in [0.2, 0.25) is 6.82 Å². The fourth-order valence-corrected chi connectivity index (χ4v) is 4.01. The smallest absolute Gasteiger partial charge is 0.376 e. The van der Waals surface area contributed by atoms with Gasteiger partial charge in [-0.3, -0.25) is 0 Å². The maximum atomic E-state index is 9.68. The van der Waals surface area contributed by atoms with E-state index in [2.05, 4.69) is 36.0 Å². The minimum Gasteiger partial charge on any atom is -0.437 e. The van der Waals surface area contributed by atoms with Crippen LogP contribution >= 0.6 is 0 Å². The summed E-state index contributed by atoms with van der Waals surface area (Å²) in [4.78, 5) is 2.19. The van der Waals surface area contributed by atoms with Crippen molar-refractivity contribution < 1.29 is 5.02 Å². The minimum absolute atomic E-state index is 0.295.